The molecule has 0 saturated heterocycles. The van der Waals surface area contributed by atoms with Gasteiger partial charge >= 0.3 is 0 Å². The first-order valence-electron chi connectivity index (χ1n) is 15.2. The van der Waals surface area contributed by atoms with Crippen molar-refractivity contribution in [3.63, 3.8) is 0 Å². The summed E-state index contributed by atoms with van der Waals surface area (Å²) >= 11 is 0. The van der Waals surface area contributed by atoms with Crippen molar-refractivity contribution < 1.29 is 4.74 Å². The van der Waals surface area contributed by atoms with Crippen LogP contribution in [0.4, 0.5) is 0 Å². The van der Waals surface area contributed by atoms with E-state index < -0.39 is 0 Å². The lowest BCUT2D eigenvalue weighted by Crippen LogP contribution is -2.07. The van der Waals surface area contributed by atoms with E-state index >= 15 is 0 Å². The van der Waals surface area contributed by atoms with E-state index in [2.05, 4.69) is 108 Å². The molecule has 0 amide bonds. The van der Waals surface area contributed by atoms with Crippen molar-refractivity contribution in [3.8, 4) is 28.3 Å². The predicted molar refractivity (Wildman–Crippen MR) is 176 cm³/mol. The molecule has 0 unspecified atom stereocenters. The van der Waals surface area contributed by atoms with Crippen LogP contribution in [0.2, 0.25) is 0 Å². The Labute approximate surface area is 247 Å². The molecule has 0 N–H and O–H groups in total. The molecule has 4 aromatic carbocycles. The smallest absolute Gasteiger partial charge is 0.127 e. The molecule has 0 bridgehead atoms. The molecular formula is C39H34N2O. The van der Waals surface area contributed by atoms with Gasteiger partial charge in [-0.05, 0) is 111 Å². The average molecular weight is 547 g/mol. The second-order valence-corrected chi connectivity index (χ2v) is 11.8. The molecule has 2 aliphatic carbocycles. The van der Waals surface area contributed by atoms with E-state index in [4.69, 9.17) is 4.74 Å². The minimum absolute atomic E-state index is 0.446. The first-order valence-corrected chi connectivity index (χ1v) is 15.2. The maximum atomic E-state index is 6.07. The zero-order valence-corrected chi connectivity index (χ0v) is 24.2. The monoisotopic (exact) mass is 546 g/mol. The van der Waals surface area contributed by atoms with E-state index in [1.54, 1.807) is 0 Å². The molecular weight excluding hydrogens is 512 g/mol. The van der Waals surface area contributed by atoms with Gasteiger partial charge in [0, 0.05) is 50.5 Å². The largest absolute Gasteiger partial charge is 0.457 e. The summed E-state index contributed by atoms with van der Waals surface area (Å²) in [6, 6.07) is 33.0. The van der Waals surface area contributed by atoms with E-state index in [1.807, 2.05) is 30.3 Å². The van der Waals surface area contributed by atoms with Crippen LogP contribution in [-0.4, -0.2) is 9.13 Å². The van der Waals surface area contributed by atoms with Gasteiger partial charge in [-0.2, -0.15) is 0 Å². The second kappa shape index (κ2) is 9.95. The van der Waals surface area contributed by atoms with E-state index in [1.165, 1.54) is 61.1 Å². The maximum absolute atomic E-state index is 6.07. The predicted octanol–water partition coefficient (Wildman–Crippen LogP) is 10.5. The van der Waals surface area contributed by atoms with E-state index in [0.717, 1.165) is 37.2 Å². The molecule has 2 heterocycles. The number of ether oxygens (including phenoxy) is 1. The van der Waals surface area contributed by atoms with Gasteiger partial charge in [-0.25, -0.2) is 0 Å². The summed E-state index contributed by atoms with van der Waals surface area (Å²) in [4.78, 5) is 0. The molecule has 0 radical (unpaired) electrons. The van der Waals surface area contributed by atoms with Crippen LogP contribution in [0.15, 0.2) is 103 Å². The Morgan fingerprint density at radius 2 is 1.21 bits per heavy atom. The summed E-state index contributed by atoms with van der Waals surface area (Å²) in [7, 11) is 0. The fourth-order valence-electron chi connectivity index (χ4n) is 7.01. The standard InChI is InChI=1S/C39H34N2O/c1-26(2)40-36-14-8-6-12-32(36)34-24-27(16-22-38(34)40)28-17-23-39-35(25-28)33-13-7-9-15-37(33)41(39)29-18-20-31(21-19-29)42-30-10-4-3-5-11-30/h3-7,10-13,16-26H,8-9,14-15H2,1-2H3. The van der Waals surface area contributed by atoms with Crippen molar-refractivity contribution in [1.82, 2.24) is 9.13 Å². The lowest BCUT2D eigenvalue weighted by Gasteiger charge is -2.16. The van der Waals surface area contributed by atoms with Crippen LogP contribution >= 0.6 is 0 Å². The third kappa shape index (κ3) is 4.03. The van der Waals surface area contributed by atoms with Gasteiger partial charge in [0.1, 0.15) is 11.5 Å². The molecule has 3 heteroatoms. The Morgan fingerprint density at radius 3 is 1.90 bits per heavy atom. The SMILES string of the molecule is CC(C)n1c2c(c3cc(-c4ccc5c(c4)c4c(n5-c5ccc(Oc6ccccc6)cc5)CCC=C4)ccc31)C=CCC2. The first-order chi connectivity index (χ1) is 20.7. The summed E-state index contributed by atoms with van der Waals surface area (Å²) in [6.45, 7) is 4.59. The van der Waals surface area contributed by atoms with Crippen molar-refractivity contribution in [2.45, 2.75) is 45.6 Å². The quantitative estimate of drug-likeness (QED) is 0.210. The fourth-order valence-corrected chi connectivity index (χ4v) is 7.01. The molecule has 206 valence electrons. The minimum Gasteiger partial charge on any atom is -0.457 e. The summed E-state index contributed by atoms with van der Waals surface area (Å²) in [5.74, 6) is 1.69. The molecule has 0 saturated carbocycles. The highest BCUT2D eigenvalue weighted by Gasteiger charge is 2.21. The summed E-state index contributed by atoms with van der Waals surface area (Å²) in [5, 5.41) is 2.68. The zero-order valence-electron chi connectivity index (χ0n) is 24.2. The Balaban J connectivity index is 1.22. The summed E-state index contributed by atoms with van der Waals surface area (Å²) < 4.78 is 11.1. The normalized spacial score (nSPS) is 14.1. The van der Waals surface area contributed by atoms with Gasteiger partial charge in [-0.1, -0.05) is 54.6 Å². The highest BCUT2D eigenvalue weighted by molar-refractivity contribution is 5.98. The molecule has 0 aliphatic heterocycles. The number of nitrogens with zero attached hydrogens (tertiary/aromatic N) is 2. The van der Waals surface area contributed by atoms with Crippen molar-refractivity contribution in [2.75, 3.05) is 0 Å². The minimum atomic E-state index is 0.446. The number of rotatable bonds is 5. The second-order valence-electron chi connectivity index (χ2n) is 11.8. The van der Waals surface area contributed by atoms with E-state index in [9.17, 15) is 0 Å². The van der Waals surface area contributed by atoms with Crippen LogP contribution < -0.4 is 4.74 Å². The molecule has 0 spiro atoms. The van der Waals surface area contributed by atoms with Crippen LogP contribution in [0.25, 0.3) is 50.8 Å². The Kier molecular flexibility index (Phi) is 5.92. The maximum Gasteiger partial charge on any atom is 0.127 e. The van der Waals surface area contributed by atoms with Crippen molar-refractivity contribution in [1.29, 1.82) is 0 Å². The van der Waals surface area contributed by atoms with Gasteiger partial charge in [0.2, 0.25) is 0 Å². The van der Waals surface area contributed by atoms with Gasteiger partial charge in [0.05, 0.1) is 5.52 Å². The van der Waals surface area contributed by atoms with Gasteiger partial charge < -0.3 is 13.9 Å². The zero-order chi connectivity index (χ0) is 28.2. The fraction of sp³-hybridized carbons (Fsp3) is 0.179. The number of allylic oxidation sites excluding steroid dienone is 2. The number of hydrogen-bond acceptors (Lipinski definition) is 1. The Morgan fingerprint density at radius 1 is 0.619 bits per heavy atom. The Hall–Kier alpha value is -4.76. The average Bonchev–Trinajstić information content (AvgIpc) is 3.54. The molecule has 42 heavy (non-hydrogen) atoms. The summed E-state index contributed by atoms with van der Waals surface area (Å²) in [6.07, 6.45) is 13.6. The van der Waals surface area contributed by atoms with Gasteiger partial charge in [0.25, 0.3) is 0 Å². The number of benzene rings is 4. The number of para-hydroxylation sites is 1. The third-order valence-corrected chi connectivity index (χ3v) is 8.84. The van der Waals surface area contributed by atoms with Gasteiger partial charge in [-0.15, -0.1) is 0 Å². The first kappa shape index (κ1) is 25.0. The molecule has 0 atom stereocenters. The molecule has 2 aliphatic rings. The molecule has 8 rings (SSSR count). The van der Waals surface area contributed by atoms with E-state index in [0.29, 0.717) is 6.04 Å². The lowest BCUT2D eigenvalue weighted by molar-refractivity contribution is 0.482. The van der Waals surface area contributed by atoms with Gasteiger partial charge in [-0.3, -0.25) is 0 Å². The van der Waals surface area contributed by atoms with Gasteiger partial charge in [0.15, 0.2) is 0 Å². The van der Waals surface area contributed by atoms with Crippen molar-refractivity contribution in [2.24, 2.45) is 0 Å². The van der Waals surface area contributed by atoms with E-state index in [-0.39, 0.29) is 0 Å². The van der Waals surface area contributed by atoms with Crippen molar-refractivity contribution in [3.05, 3.63) is 126 Å². The van der Waals surface area contributed by atoms with Crippen LogP contribution in [0.5, 0.6) is 11.5 Å². The molecule has 3 nitrogen and oxygen atoms in total. The summed E-state index contributed by atoms with van der Waals surface area (Å²) in [5.41, 5.74) is 11.9. The van der Waals surface area contributed by atoms with Crippen LogP contribution in [0.3, 0.4) is 0 Å². The highest BCUT2D eigenvalue weighted by Crippen LogP contribution is 2.39. The number of fused-ring (bicyclic) bond motifs is 6. The van der Waals surface area contributed by atoms with Crippen LogP contribution in [0.1, 0.15) is 55.2 Å². The number of hydrogen-bond donors (Lipinski definition) is 0. The highest BCUT2D eigenvalue weighted by atomic mass is 16.5. The molecule has 2 aromatic heterocycles. The lowest BCUT2D eigenvalue weighted by atomic mass is 9.97. The van der Waals surface area contributed by atoms with Crippen LogP contribution in [-0.2, 0) is 12.8 Å². The van der Waals surface area contributed by atoms with Crippen LogP contribution in [0, 0.1) is 0 Å². The Bertz CT molecular complexity index is 2020. The topological polar surface area (TPSA) is 19.1 Å². The third-order valence-electron chi connectivity index (χ3n) is 8.84. The van der Waals surface area contributed by atoms with Crippen molar-refractivity contribution >= 4 is 34.0 Å². The number of aromatic nitrogens is 2. The molecule has 6 aromatic rings. The molecule has 0 fully saturated rings.